The minimum absolute atomic E-state index is 0.0417. The van der Waals surface area contributed by atoms with Crippen LogP contribution in [0.5, 0.6) is 0 Å². The number of likely N-dealkylation sites (N-methyl/N-ethyl adjacent to an activating group) is 1. The number of nitrogens with one attached hydrogen (secondary N) is 1. The number of hydrogen-bond donors (Lipinski definition) is 1. The van der Waals surface area contributed by atoms with Crippen molar-refractivity contribution in [1.82, 2.24) is 4.90 Å². The molecule has 0 aliphatic carbocycles. The molecule has 0 unspecified atom stereocenters. The number of hydrogen-bond acceptors (Lipinski definition) is 3. The van der Waals surface area contributed by atoms with Crippen LogP contribution >= 0.6 is 22.9 Å². The molecule has 0 bridgehead atoms. The zero-order valence-corrected chi connectivity index (χ0v) is 12.2. The smallest absolute Gasteiger partial charge is 0.238 e. The molecule has 2 rings (SSSR count). The standard InChI is InChI=1S/C14H15ClN2OS/c1-17(8-11-5-6-19-10-11)9-14(18)16-13-4-2-3-12(15)7-13/h2-7,10H,8-9H2,1H3,(H,16,18). The molecule has 1 aromatic heterocycles. The molecule has 1 N–H and O–H groups in total. The van der Waals surface area contributed by atoms with Gasteiger partial charge in [-0.05, 0) is 47.6 Å². The van der Waals surface area contributed by atoms with Crippen molar-refractivity contribution in [2.75, 3.05) is 18.9 Å². The van der Waals surface area contributed by atoms with Gasteiger partial charge in [-0.25, -0.2) is 0 Å². The third-order valence-corrected chi connectivity index (χ3v) is 3.52. The van der Waals surface area contributed by atoms with Crippen molar-refractivity contribution in [3.05, 3.63) is 51.7 Å². The number of carbonyl (C=O) groups is 1. The van der Waals surface area contributed by atoms with E-state index in [0.717, 1.165) is 12.2 Å². The van der Waals surface area contributed by atoms with Gasteiger partial charge in [0.25, 0.3) is 0 Å². The van der Waals surface area contributed by atoms with Crippen molar-refractivity contribution in [2.45, 2.75) is 6.54 Å². The molecular weight excluding hydrogens is 280 g/mol. The third kappa shape index (κ3) is 4.67. The first-order valence-corrected chi connectivity index (χ1v) is 7.20. The second-order valence-electron chi connectivity index (χ2n) is 4.36. The van der Waals surface area contributed by atoms with Crippen molar-refractivity contribution < 1.29 is 4.79 Å². The predicted molar refractivity (Wildman–Crippen MR) is 80.7 cm³/mol. The third-order valence-electron chi connectivity index (χ3n) is 2.55. The molecule has 100 valence electrons. The van der Waals surface area contributed by atoms with Crippen molar-refractivity contribution in [1.29, 1.82) is 0 Å². The van der Waals surface area contributed by atoms with Crippen LogP contribution in [-0.2, 0) is 11.3 Å². The highest BCUT2D eigenvalue weighted by Gasteiger charge is 2.08. The van der Waals surface area contributed by atoms with Crippen LogP contribution < -0.4 is 5.32 Å². The summed E-state index contributed by atoms with van der Waals surface area (Å²) in [6.45, 7) is 1.12. The molecule has 0 aliphatic heterocycles. The Balaban J connectivity index is 1.84. The normalized spacial score (nSPS) is 10.7. The van der Waals surface area contributed by atoms with E-state index in [4.69, 9.17) is 11.6 Å². The highest BCUT2D eigenvalue weighted by molar-refractivity contribution is 7.07. The Labute approximate surface area is 121 Å². The molecule has 0 radical (unpaired) electrons. The van der Waals surface area contributed by atoms with Crippen LogP contribution in [-0.4, -0.2) is 24.4 Å². The van der Waals surface area contributed by atoms with Crippen LogP contribution in [0, 0.1) is 0 Å². The lowest BCUT2D eigenvalue weighted by Gasteiger charge is -2.15. The van der Waals surface area contributed by atoms with Crippen LogP contribution in [0.1, 0.15) is 5.56 Å². The van der Waals surface area contributed by atoms with Crippen LogP contribution in [0.2, 0.25) is 5.02 Å². The molecule has 0 saturated heterocycles. The number of benzene rings is 1. The van der Waals surface area contributed by atoms with Crippen molar-refractivity contribution in [3.8, 4) is 0 Å². The largest absolute Gasteiger partial charge is 0.325 e. The summed E-state index contributed by atoms with van der Waals surface area (Å²) in [5.41, 5.74) is 1.95. The maximum atomic E-state index is 11.9. The van der Waals surface area contributed by atoms with Gasteiger partial charge in [-0.15, -0.1) is 0 Å². The molecule has 0 spiro atoms. The van der Waals surface area contributed by atoms with E-state index >= 15 is 0 Å². The van der Waals surface area contributed by atoms with Gasteiger partial charge in [0.1, 0.15) is 0 Å². The molecule has 0 fully saturated rings. The monoisotopic (exact) mass is 294 g/mol. The number of carbonyl (C=O) groups excluding carboxylic acids is 1. The van der Waals surface area contributed by atoms with E-state index in [1.807, 2.05) is 29.5 Å². The van der Waals surface area contributed by atoms with Gasteiger partial charge in [0.2, 0.25) is 5.91 Å². The first-order valence-electron chi connectivity index (χ1n) is 5.88. The van der Waals surface area contributed by atoms with Crippen molar-refractivity contribution in [3.63, 3.8) is 0 Å². The summed E-state index contributed by atoms with van der Waals surface area (Å²) in [6.07, 6.45) is 0. The number of thiophene rings is 1. The summed E-state index contributed by atoms with van der Waals surface area (Å²) < 4.78 is 0. The predicted octanol–water partition coefficient (Wildman–Crippen LogP) is 3.47. The minimum atomic E-state index is -0.0417. The number of nitrogens with zero attached hydrogens (tertiary/aromatic N) is 1. The fourth-order valence-corrected chi connectivity index (χ4v) is 2.61. The number of halogens is 1. The van der Waals surface area contributed by atoms with E-state index in [1.54, 1.807) is 23.5 Å². The Morgan fingerprint density at radius 2 is 2.26 bits per heavy atom. The summed E-state index contributed by atoms with van der Waals surface area (Å²) in [7, 11) is 1.93. The lowest BCUT2D eigenvalue weighted by atomic mass is 10.3. The highest BCUT2D eigenvalue weighted by atomic mass is 35.5. The van der Waals surface area contributed by atoms with Crippen molar-refractivity contribution >= 4 is 34.5 Å². The van der Waals surface area contributed by atoms with E-state index in [9.17, 15) is 4.79 Å². The summed E-state index contributed by atoms with van der Waals surface area (Å²) in [4.78, 5) is 13.8. The molecule has 19 heavy (non-hydrogen) atoms. The quantitative estimate of drug-likeness (QED) is 0.916. The Morgan fingerprint density at radius 3 is 2.95 bits per heavy atom. The van der Waals surface area contributed by atoms with Gasteiger partial charge in [-0.1, -0.05) is 17.7 Å². The van der Waals surface area contributed by atoms with Gasteiger partial charge in [-0.2, -0.15) is 11.3 Å². The first kappa shape index (κ1) is 14.1. The Kier molecular flexibility index (Phi) is 4.96. The molecule has 5 heteroatoms. The molecule has 0 aliphatic rings. The van der Waals surface area contributed by atoms with Gasteiger partial charge in [-0.3, -0.25) is 9.69 Å². The first-order chi connectivity index (χ1) is 9.13. The Bertz CT molecular complexity index is 542. The van der Waals surface area contributed by atoms with Crippen LogP contribution in [0.15, 0.2) is 41.1 Å². The fraction of sp³-hybridized carbons (Fsp3) is 0.214. The van der Waals surface area contributed by atoms with E-state index in [0.29, 0.717) is 11.6 Å². The van der Waals surface area contributed by atoms with Crippen molar-refractivity contribution in [2.24, 2.45) is 0 Å². The van der Waals surface area contributed by atoms with Gasteiger partial charge < -0.3 is 5.32 Å². The van der Waals surface area contributed by atoms with Gasteiger partial charge in [0.15, 0.2) is 0 Å². The number of rotatable bonds is 5. The van der Waals surface area contributed by atoms with E-state index < -0.39 is 0 Å². The van der Waals surface area contributed by atoms with Crippen LogP contribution in [0.3, 0.4) is 0 Å². The fourth-order valence-electron chi connectivity index (χ4n) is 1.76. The molecular formula is C14H15ClN2OS. The molecule has 1 heterocycles. The maximum absolute atomic E-state index is 11.9. The van der Waals surface area contributed by atoms with Gasteiger partial charge >= 0.3 is 0 Å². The highest BCUT2D eigenvalue weighted by Crippen LogP contribution is 2.15. The van der Waals surface area contributed by atoms with E-state index in [1.165, 1.54) is 5.56 Å². The number of amides is 1. The molecule has 1 amide bonds. The second kappa shape index (κ2) is 6.70. The lowest BCUT2D eigenvalue weighted by Crippen LogP contribution is -2.29. The van der Waals surface area contributed by atoms with E-state index in [2.05, 4.69) is 16.8 Å². The molecule has 0 atom stereocenters. The topological polar surface area (TPSA) is 32.3 Å². The lowest BCUT2D eigenvalue weighted by molar-refractivity contribution is -0.117. The summed E-state index contributed by atoms with van der Waals surface area (Å²) >= 11 is 7.53. The van der Waals surface area contributed by atoms with Gasteiger partial charge in [0, 0.05) is 17.3 Å². The zero-order valence-electron chi connectivity index (χ0n) is 10.6. The molecule has 0 saturated carbocycles. The van der Waals surface area contributed by atoms with E-state index in [-0.39, 0.29) is 5.91 Å². The van der Waals surface area contributed by atoms with Gasteiger partial charge in [0.05, 0.1) is 6.54 Å². The number of anilines is 1. The molecule has 3 nitrogen and oxygen atoms in total. The van der Waals surface area contributed by atoms with Crippen LogP contribution in [0.25, 0.3) is 0 Å². The SMILES string of the molecule is CN(CC(=O)Nc1cccc(Cl)c1)Cc1ccsc1. The summed E-state index contributed by atoms with van der Waals surface area (Å²) in [5.74, 6) is -0.0417. The Hall–Kier alpha value is -1.36. The average molecular weight is 295 g/mol. The summed E-state index contributed by atoms with van der Waals surface area (Å²) in [5, 5.41) is 7.57. The summed E-state index contributed by atoms with van der Waals surface area (Å²) in [6, 6.07) is 9.21. The Morgan fingerprint density at radius 1 is 1.42 bits per heavy atom. The zero-order chi connectivity index (χ0) is 13.7. The van der Waals surface area contributed by atoms with Crippen LogP contribution in [0.4, 0.5) is 5.69 Å². The maximum Gasteiger partial charge on any atom is 0.238 e. The average Bonchev–Trinajstić information content (AvgIpc) is 2.81. The molecule has 1 aromatic carbocycles. The minimum Gasteiger partial charge on any atom is -0.325 e. The second-order valence-corrected chi connectivity index (χ2v) is 5.58. The molecule has 2 aromatic rings.